The summed E-state index contributed by atoms with van der Waals surface area (Å²) in [6, 6.07) is 1.58. The number of aryl methyl sites for hydroxylation is 1. The molecule has 0 amide bonds. The molecule has 0 saturated heterocycles. The molecule has 0 radical (unpaired) electrons. The first-order valence-corrected chi connectivity index (χ1v) is 5.84. The maximum atomic E-state index is 11.7. The second-order valence-electron chi connectivity index (χ2n) is 3.05. The molecule has 1 heterocycles. The molecule has 0 bridgehead atoms. The van der Waals surface area contributed by atoms with Gasteiger partial charge < -0.3 is 4.74 Å². The number of hydrogen-bond donors (Lipinski definition) is 0. The first kappa shape index (κ1) is 13.7. The van der Waals surface area contributed by atoms with Crippen LogP contribution < -0.4 is 0 Å². The zero-order valence-electron chi connectivity index (χ0n) is 8.23. The molecule has 1 rings (SSSR count). The Balaban J connectivity index is 2.47. The third-order valence-electron chi connectivity index (χ3n) is 1.63. The van der Waals surface area contributed by atoms with Crippen molar-refractivity contribution >= 4 is 33.0 Å². The Morgan fingerprint density at radius 3 is 2.62 bits per heavy atom. The van der Waals surface area contributed by atoms with Crippen LogP contribution in [0.1, 0.15) is 14.5 Å². The fraction of sp³-hybridized carbons (Fsp3) is 0.444. The van der Waals surface area contributed by atoms with Crippen molar-refractivity contribution in [1.82, 2.24) is 0 Å². The molecule has 0 unspecified atom stereocenters. The van der Waals surface area contributed by atoms with E-state index < -0.39 is 25.2 Å². The first-order chi connectivity index (χ1) is 7.29. The Bertz CT molecular complexity index is 367. The molecular formula is C9H8BrF3O2S. The van der Waals surface area contributed by atoms with E-state index in [-0.39, 0.29) is 0 Å². The van der Waals surface area contributed by atoms with Crippen LogP contribution in [-0.4, -0.2) is 25.2 Å². The molecule has 0 aliphatic rings. The smallest absolute Gasteiger partial charge is 0.364 e. The van der Waals surface area contributed by atoms with Gasteiger partial charge >= 0.3 is 6.18 Å². The van der Waals surface area contributed by atoms with Crippen molar-refractivity contribution in [3.63, 3.8) is 0 Å². The van der Waals surface area contributed by atoms with Crippen LogP contribution in [0.15, 0.2) is 10.5 Å². The number of Topliss-reactive ketones (excluding diaryl/α,β-unsaturated/α-hetero) is 1. The number of ketones is 1. The van der Waals surface area contributed by atoms with E-state index in [9.17, 15) is 18.0 Å². The van der Waals surface area contributed by atoms with Crippen LogP contribution in [0.3, 0.4) is 0 Å². The summed E-state index contributed by atoms with van der Waals surface area (Å²) in [5.41, 5.74) is 0. The lowest BCUT2D eigenvalue weighted by molar-refractivity contribution is -0.170. The van der Waals surface area contributed by atoms with E-state index in [2.05, 4.69) is 20.7 Å². The number of thiophene rings is 1. The Morgan fingerprint density at radius 1 is 1.56 bits per heavy atom. The Labute approximate surface area is 103 Å². The standard InChI is InChI=1S/C9H8BrF3O2S/c1-5-6(10)2-8(16-5)7(14)3-15-4-9(11,12)13/h2H,3-4H2,1H3. The van der Waals surface area contributed by atoms with Crippen molar-refractivity contribution in [1.29, 1.82) is 0 Å². The summed E-state index contributed by atoms with van der Waals surface area (Å²) in [5.74, 6) is -0.442. The van der Waals surface area contributed by atoms with Crippen molar-refractivity contribution in [3.05, 3.63) is 20.3 Å². The molecule has 0 aliphatic heterocycles. The zero-order chi connectivity index (χ0) is 12.3. The number of carbonyl (C=O) groups excluding carboxylic acids is 1. The predicted molar refractivity (Wildman–Crippen MR) is 58.0 cm³/mol. The number of halogens is 4. The van der Waals surface area contributed by atoms with Crippen LogP contribution in [0, 0.1) is 6.92 Å². The fourth-order valence-corrected chi connectivity index (χ4v) is 2.39. The van der Waals surface area contributed by atoms with Crippen molar-refractivity contribution in [2.75, 3.05) is 13.2 Å². The van der Waals surface area contributed by atoms with Crippen LogP contribution in [-0.2, 0) is 4.74 Å². The second-order valence-corrected chi connectivity index (χ2v) is 5.16. The van der Waals surface area contributed by atoms with E-state index in [0.29, 0.717) is 4.88 Å². The minimum absolute atomic E-state index is 0.395. The normalized spacial score (nSPS) is 11.8. The lowest BCUT2D eigenvalue weighted by atomic mass is 10.3. The summed E-state index contributed by atoms with van der Waals surface area (Å²) in [4.78, 5) is 12.7. The Hall–Kier alpha value is -0.400. The van der Waals surface area contributed by atoms with Crippen molar-refractivity contribution < 1.29 is 22.7 Å². The average molecular weight is 317 g/mol. The van der Waals surface area contributed by atoms with Gasteiger partial charge in [0.05, 0.1) is 4.88 Å². The molecule has 0 aliphatic carbocycles. The highest BCUT2D eigenvalue weighted by Crippen LogP contribution is 2.26. The average Bonchev–Trinajstić information content (AvgIpc) is 2.45. The summed E-state index contributed by atoms with van der Waals surface area (Å²) in [6.45, 7) is -0.141. The topological polar surface area (TPSA) is 26.3 Å². The maximum absolute atomic E-state index is 11.7. The highest BCUT2D eigenvalue weighted by atomic mass is 79.9. The van der Waals surface area contributed by atoms with E-state index in [1.54, 1.807) is 6.07 Å². The molecule has 1 aromatic heterocycles. The van der Waals surface area contributed by atoms with Gasteiger partial charge in [-0.25, -0.2) is 0 Å². The number of hydrogen-bond acceptors (Lipinski definition) is 3. The van der Waals surface area contributed by atoms with Gasteiger partial charge in [-0.05, 0) is 28.9 Å². The molecular weight excluding hydrogens is 309 g/mol. The van der Waals surface area contributed by atoms with Gasteiger partial charge in [0.25, 0.3) is 0 Å². The highest BCUT2D eigenvalue weighted by molar-refractivity contribution is 9.10. The van der Waals surface area contributed by atoms with Gasteiger partial charge in [0.2, 0.25) is 0 Å². The third kappa shape index (κ3) is 4.23. The van der Waals surface area contributed by atoms with Gasteiger partial charge in [-0.3, -0.25) is 4.79 Å². The molecule has 16 heavy (non-hydrogen) atoms. The van der Waals surface area contributed by atoms with E-state index in [1.807, 2.05) is 6.92 Å². The van der Waals surface area contributed by atoms with Crippen LogP contribution in [0.4, 0.5) is 13.2 Å². The maximum Gasteiger partial charge on any atom is 0.411 e. The largest absolute Gasteiger partial charge is 0.411 e. The van der Waals surface area contributed by atoms with E-state index in [0.717, 1.165) is 9.35 Å². The lowest BCUT2D eigenvalue weighted by Crippen LogP contribution is -2.20. The summed E-state index contributed by atoms with van der Waals surface area (Å²) < 4.78 is 40.3. The van der Waals surface area contributed by atoms with Crippen LogP contribution in [0.25, 0.3) is 0 Å². The summed E-state index contributed by atoms with van der Waals surface area (Å²) in [7, 11) is 0. The lowest BCUT2D eigenvalue weighted by Gasteiger charge is -2.05. The fourth-order valence-electron chi connectivity index (χ4n) is 0.928. The second kappa shape index (κ2) is 5.29. The minimum atomic E-state index is -4.40. The molecule has 7 heteroatoms. The van der Waals surface area contributed by atoms with E-state index in [4.69, 9.17) is 0 Å². The van der Waals surface area contributed by atoms with Gasteiger partial charge in [-0.2, -0.15) is 13.2 Å². The van der Waals surface area contributed by atoms with E-state index >= 15 is 0 Å². The van der Waals surface area contributed by atoms with Gasteiger partial charge in [-0.15, -0.1) is 11.3 Å². The van der Waals surface area contributed by atoms with Gasteiger partial charge in [0.1, 0.15) is 13.2 Å². The molecule has 90 valence electrons. The predicted octanol–water partition coefficient (Wildman–Crippen LogP) is 3.58. The number of carbonyl (C=O) groups is 1. The molecule has 0 spiro atoms. The number of ether oxygens (including phenoxy) is 1. The summed E-state index contributed by atoms with van der Waals surface area (Å²) in [6.07, 6.45) is -4.40. The van der Waals surface area contributed by atoms with E-state index in [1.165, 1.54) is 11.3 Å². The van der Waals surface area contributed by atoms with Gasteiger partial charge in [0.15, 0.2) is 5.78 Å². The number of rotatable bonds is 4. The Morgan fingerprint density at radius 2 is 2.19 bits per heavy atom. The third-order valence-corrected chi connectivity index (χ3v) is 3.81. The number of alkyl halides is 3. The molecule has 0 aromatic carbocycles. The minimum Gasteiger partial charge on any atom is -0.364 e. The molecule has 2 nitrogen and oxygen atoms in total. The SMILES string of the molecule is Cc1sc(C(=O)COCC(F)(F)F)cc1Br. The summed E-state index contributed by atoms with van der Waals surface area (Å²) >= 11 is 4.44. The van der Waals surface area contributed by atoms with Gasteiger partial charge in [-0.1, -0.05) is 0 Å². The molecule has 0 N–H and O–H groups in total. The van der Waals surface area contributed by atoms with Crippen LogP contribution in [0.5, 0.6) is 0 Å². The first-order valence-electron chi connectivity index (χ1n) is 4.23. The summed E-state index contributed by atoms with van der Waals surface area (Å²) in [5, 5.41) is 0. The monoisotopic (exact) mass is 316 g/mol. The van der Waals surface area contributed by atoms with Crippen LogP contribution >= 0.6 is 27.3 Å². The Kier molecular flexibility index (Phi) is 4.52. The molecule has 0 fully saturated rings. The van der Waals surface area contributed by atoms with Crippen molar-refractivity contribution in [3.8, 4) is 0 Å². The van der Waals surface area contributed by atoms with Crippen LogP contribution in [0.2, 0.25) is 0 Å². The quantitative estimate of drug-likeness (QED) is 0.794. The molecule has 0 atom stereocenters. The molecule has 1 aromatic rings. The highest BCUT2D eigenvalue weighted by Gasteiger charge is 2.28. The van der Waals surface area contributed by atoms with Gasteiger partial charge in [0, 0.05) is 9.35 Å². The molecule has 0 saturated carbocycles. The van der Waals surface area contributed by atoms with Crippen molar-refractivity contribution in [2.24, 2.45) is 0 Å². The van der Waals surface area contributed by atoms with Crippen molar-refractivity contribution in [2.45, 2.75) is 13.1 Å². The zero-order valence-corrected chi connectivity index (χ0v) is 10.6.